The fourth-order valence-electron chi connectivity index (χ4n) is 4.38. The molecule has 2 aliphatic heterocycles. The highest BCUT2D eigenvalue weighted by Gasteiger charge is 2.41. The first-order chi connectivity index (χ1) is 14.9. The van der Waals surface area contributed by atoms with Crippen LogP contribution in [0.1, 0.15) is 24.8 Å². The summed E-state index contributed by atoms with van der Waals surface area (Å²) >= 11 is 6.42. The Morgan fingerprint density at radius 2 is 2.00 bits per heavy atom. The molecule has 3 aliphatic rings. The SMILES string of the molecule is CN1CC2=C(N3CCC(N)(C(=O)N(C=O)Cc4ccccc4)CC3)C=C(Cl)CC=C2N1. The van der Waals surface area contributed by atoms with Crippen LogP contribution >= 0.6 is 11.6 Å². The van der Waals surface area contributed by atoms with Crippen LogP contribution < -0.4 is 11.2 Å². The van der Waals surface area contributed by atoms with Crippen LogP contribution in [-0.4, -0.2) is 59.3 Å². The number of carbonyl (C=O) groups excluding carboxylic acids is 2. The Morgan fingerprint density at radius 1 is 1.29 bits per heavy atom. The number of allylic oxidation sites excluding steroid dienone is 3. The number of halogens is 1. The second-order valence-electron chi connectivity index (χ2n) is 8.41. The highest BCUT2D eigenvalue weighted by atomic mass is 35.5. The van der Waals surface area contributed by atoms with E-state index in [4.69, 9.17) is 17.3 Å². The average Bonchev–Trinajstić information content (AvgIpc) is 3.08. The molecular weight excluding hydrogens is 414 g/mol. The quantitative estimate of drug-likeness (QED) is 0.681. The van der Waals surface area contributed by atoms with Crippen molar-refractivity contribution in [3.05, 3.63) is 70.0 Å². The van der Waals surface area contributed by atoms with Crippen molar-refractivity contribution in [2.75, 3.05) is 26.7 Å². The van der Waals surface area contributed by atoms with E-state index in [0.29, 0.717) is 38.8 Å². The molecule has 0 radical (unpaired) electrons. The van der Waals surface area contributed by atoms with E-state index >= 15 is 0 Å². The van der Waals surface area contributed by atoms with Crippen molar-refractivity contribution in [3.8, 4) is 0 Å². The number of hydrazine groups is 1. The van der Waals surface area contributed by atoms with E-state index in [1.165, 1.54) is 10.5 Å². The van der Waals surface area contributed by atoms with Crippen LogP contribution in [0.5, 0.6) is 0 Å². The van der Waals surface area contributed by atoms with Gasteiger partial charge in [-0.2, -0.15) is 0 Å². The Balaban J connectivity index is 1.48. The van der Waals surface area contributed by atoms with Gasteiger partial charge in [-0.15, -0.1) is 0 Å². The van der Waals surface area contributed by atoms with Gasteiger partial charge in [0.2, 0.25) is 12.3 Å². The Kier molecular flexibility index (Phi) is 6.18. The van der Waals surface area contributed by atoms with Crippen LogP contribution in [0.3, 0.4) is 0 Å². The number of carbonyl (C=O) groups is 2. The molecule has 164 valence electrons. The van der Waals surface area contributed by atoms with Crippen LogP contribution in [0.2, 0.25) is 0 Å². The van der Waals surface area contributed by atoms with Crippen LogP contribution in [0.25, 0.3) is 0 Å². The molecule has 2 amide bonds. The van der Waals surface area contributed by atoms with Crippen molar-refractivity contribution in [2.45, 2.75) is 31.3 Å². The molecule has 8 heteroatoms. The van der Waals surface area contributed by atoms with E-state index < -0.39 is 5.54 Å². The number of amides is 2. The van der Waals surface area contributed by atoms with E-state index in [1.54, 1.807) is 0 Å². The number of fused-ring (bicyclic) bond motifs is 1. The lowest BCUT2D eigenvalue weighted by molar-refractivity contribution is -0.144. The summed E-state index contributed by atoms with van der Waals surface area (Å²) in [6.45, 7) is 2.25. The molecule has 1 aromatic rings. The minimum Gasteiger partial charge on any atom is -0.371 e. The lowest BCUT2D eigenvalue weighted by Gasteiger charge is -2.41. The molecule has 0 bridgehead atoms. The van der Waals surface area contributed by atoms with Gasteiger partial charge in [-0.25, -0.2) is 5.01 Å². The number of nitrogens with one attached hydrogen (secondary N) is 1. The van der Waals surface area contributed by atoms with Crippen LogP contribution in [0.15, 0.2) is 64.5 Å². The van der Waals surface area contributed by atoms with Gasteiger partial charge in [0.05, 0.1) is 17.8 Å². The lowest BCUT2D eigenvalue weighted by atomic mass is 9.86. The zero-order valence-corrected chi connectivity index (χ0v) is 18.4. The predicted molar refractivity (Wildman–Crippen MR) is 120 cm³/mol. The van der Waals surface area contributed by atoms with Crippen LogP contribution in [0, 0.1) is 0 Å². The van der Waals surface area contributed by atoms with Crippen molar-refractivity contribution in [1.29, 1.82) is 0 Å². The van der Waals surface area contributed by atoms with Crippen molar-refractivity contribution in [2.24, 2.45) is 5.73 Å². The molecule has 2 heterocycles. The fraction of sp³-hybridized carbons (Fsp3) is 0.391. The summed E-state index contributed by atoms with van der Waals surface area (Å²) < 4.78 is 0. The normalized spacial score (nSPS) is 20.9. The number of rotatable bonds is 5. The van der Waals surface area contributed by atoms with Crippen LogP contribution in [-0.2, 0) is 16.1 Å². The number of hydrogen-bond acceptors (Lipinski definition) is 6. The molecule has 0 saturated carbocycles. The minimum atomic E-state index is -1.06. The molecular formula is C23H28ClN5O2. The second kappa shape index (κ2) is 8.86. The molecule has 1 aromatic carbocycles. The largest absolute Gasteiger partial charge is 0.371 e. The number of nitrogens with two attached hydrogens (primary N) is 1. The number of hydrogen-bond donors (Lipinski definition) is 2. The summed E-state index contributed by atoms with van der Waals surface area (Å²) in [7, 11) is 2.01. The zero-order valence-electron chi connectivity index (χ0n) is 17.7. The first kappa shape index (κ1) is 21.6. The molecule has 0 spiro atoms. The molecule has 0 atom stereocenters. The highest BCUT2D eigenvalue weighted by molar-refractivity contribution is 6.29. The summed E-state index contributed by atoms with van der Waals surface area (Å²) in [6.07, 6.45) is 6.35. The number of nitrogens with zero attached hydrogens (tertiary/aromatic N) is 3. The molecule has 0 aromatic heterocycles. The fourth-order valence-corrected chi connectivity index (χ4v) is 4.56. The van der Waals surface area contributed by atoms with Crippen molar-refractivity contribution >= 4 is 23.9 Å². The summed E-state index contributed by atoms with van der Waals surface area (Å²) in [5.74, 6) is -0.319. The average molecular weight is 442 g/mol. The van der Waals surface area contributed by atoms with Gasteiger partial charge in [0.15, 0.2) is 0 Å². The minimum absolute atomic E-state index is 0.228. The van der Waals surface area contributed by atoms with Gasteiger partial charge in [-0.05, 0) is 24.5 Å². The number of likely N-dealkylation sites (tertiary alicyclic amines) is 1. The third-order valence-electron chi connectivity index (χ3n) is 6.14. The van der Waals surface area contributed by atoms with Gasteiger partial charge in [-0.1, -0.05) is 48.0 Å². The molecule has 2 fully saturated rings. The van der Waals surface area contributed by atoms with Gasteiger partial charge in [0.1, 0.15) is 0 Å². The number of piperidine rings is 1. The Labute approximate surface area is 187 Å². The number of benzene rings is 1. The maximum absolute atomic E-state index is 13.2. The first-order valence-corrected chi connectivity index (χ1v) is 10.9. The van der Waals surface area contributed by atoms with Gasteiger partial charge in [-0.3, -0.25) is 14.5 Å². The predicted octanol–water partition coefficient (Wildman–Crippen LogP) is 2.08. The number of likely N-dealkylation sites (N-methyl/N-ethyl adjacent to an activating group) is 1. The maximum Gasteiger partial charge on any atom is 0.249 e. The summed E-state index contributed by atoms with van der Waals surface area (Å²) in [4.78, 5) is 28.3. The first-order valence-electron chi connectivity index (χ1n) is 10.5. The molecule has 31 heavy (non-hydrogen) atoms. The maximum atomic E-state index is 13.2. The topological polar surface area (TPSA) is 81.9 Å². The van der Waals surface area contributed by atoms with Crippen LogP contribution in [0.4, 0.5) is 0 Å². The molecule has 1 aliphatic carbocycles. The van der Waals surface area contributed by atoms with Gasteiger partial charge < -0.3 is 16.1 Å². The third kappa shape index (κ3) is 4.54. The van der Waals surface area contributed by atoms with Gasteiger partial charge in [0, 0.05) is 49.4 Å². The van der Waals surface area contributed by atoms with E-state index in [0.717, 1.165) is 28.5 Å². The molecule has 0 unspecified atom stereocenters. The Morgan fingerprint density at radius 3 is 2.68 bits per heavy atom. The number of imide groups is 1. The monoisotopic (exact) mass is 441 g/mol. The zero-order chi connectivity index (χ0) is 22.0. The summed E-state index contributed by atoms with van der Waals surface area (Å²) in [5.41, 5.74) is 13.1. The molecule has 7 nitrogen and oxygen atoms in total. The molecule has 2 saturated heterocycles. The van der Waals surface area contributed by atoms with Gasteiger partial charge >= 0.3 is 0 Å². The van der Waals surface area contributed by atoms with Crippen molar-refractivity contribution in [3.63, 3.8) is 0 Å². The van der Waals surface area contributed by atoms with E-state index in [-0.39, 0.29) is 12.5 Å². The highest BCUT2D eigenvalue weighted by Crippen LogP contribution is 2.33. The molecule has 4 rings (SSSR count). The third-order valence-corrected chi connectivity index (χ3v) is 6.40. The van der Waals surface area contributed by atoms with E-state index in [2.05, 4.69) is 16.4 Å². The summed E-state index contributed by atoms with van der Waals surface area (Å²) in [6, 6.07) is 9.46. The lowest BCUT2D eigenvalue weighted by Crippen LogP contribution is -2.59. The Bertz CT molecular complexity index is 948. The second-order valence-corrected chi connectivity index (χ2v) is 8.90. The van der Waals surface area contributed by atoms with E-state index in [9.17, 15) is 9.59 Å². The smallest absolute Gasteiger partial charge is 0.249 e. The Hall–Kier alpha value is -2.61. The van der Waals surface area contributed by atoms with Gasteiger partial charge in [0.25, 0.3) is 0 Å². The van der Waals surface area contributed by atoms with E-state index in [1.807, 2.05) is 48.5 Å². The summed E-state index contributed by atoms with van der Waals surface area (Å²) in [5, 5.41) is 2.82. The molecule has 3 N–H and O–H groups in total. The van der Waals surface area contributed by atoms with Crippen molar-refractivity contribution in [1.82, 2.24) is 20.2 Å². The standard InChI is InChI=1S/C23H28ClN5O2/c1-27-15-19-20(26-27)8-7-18(24)13-21(19)28-11-9-23(25,10-12-28)22(31)29(16-30)14-17-5-3-2-4-6-17/h2-6,8,13,16,26H,7,9-12,14-15,25H2,1H3. The van der Waals surface area contributed by atoms with Crippen molar-refractivity contribution < 1.29 is 9.59 Å².